The fraction of sp³-hybridized carbons (Fsp3) is 0.235. The SMILES string of the molecule is Cc1cc(C)cc(OCCNc2ccccc2C(=O)O)c1. The van der Waals surface area contributed by atoms with E-state index in [0.29, 0.717) is 18.8 Å². The molecule has 2 rings (SSSR count). The number of carboxylic acids is 1. The lowest BCUT2D eigenvalue weighted by Crippen LogP contribution is -2.14. The number of carbonyl (C=O) groups is 1. The van der Waals surface area contributed by atoms with E-state index >= 15 is 0 Å². The van der Waals surface area contributed by atoms with E-state index in [-0.39, 0.29) is 5.56 Å². The number of rotatable bonds is 6. The lowest BCUT2D eigenvalue weighted by molar-refractivity contribution is 0.0698. The standard InChI is InChI=1S/C17H19NO3/c1-12-9-13(2)11-14(10-12)21-8-7-18-16-6-4-3-5-15(16)17(19)20/h3-6,9-11,18H,7-8H2,1-2H3,(H,19,20). The van der Waals surface area contributed by atoms with Crippen LogP contribution in [0.1, 0.15) is 21.5 Å². The molecule has 0 saturated carbocycles. The first kappa shape index (κ1) is 14.9. The van der Waals surface area contributed by atoms with Crippen molar-refractivity contribution in [1.29, 1.82) is 0 Å². The number of anilines is 1. The van der Waals surface area contributed by atoms with Gasteiger partial charge in [-0.25, -0.2) is 4.79 Å². The van der Waals surface area contributed by atoms with Crippen molar-refractivity contribution in [2.45, 2.75) is 13.8 Å². The Balaban J connectivity index is 1.89. The molecule has 4 nitrogen and oxygen atoms in total. The maximum atomic E-state index is 11.1. The van der Waals surface area contributed by atoms with Crippen LogP contribution in [0.4, 0.5) is 5.69 Å². The number of aryl methyl sites for hydroxylation is 2. The molecule has 0 atom stereocenters. The Morgan fingerprint density at radius 3 is 2.48 bits per heavy atom. The molecule has 0 unspecified atom stereocenters. The highest BCUT2D eigenvalue weighted by molar-refractivity contribution is 5.94. The molecule has 2 aromatic rings. The Kier molecular flexibility index (Phi) is 4.82. The molecule has 2 aromatic carbocycles. The maximum absolute atomic E-state index is 11.1. The average molecular weight is 285 g/mol. The molecule has 21 heavy (non-hydrogen) atoms. The number of hydrogen-bond acceptors (Lipinski definition) is 3. The fourth-order valence-corrected chi connectivity index (χ4v) is 2.19. The van der Waals surface area contributed by atoms with E-state index in [1.54, 1.807) is 24.3 Å². The van der Waals surface area contributed by atoms with E-state index < -0.39 is 5.97 Å². The first-order chi connectivity index (χ1) is 10.1. The van der Waals surface area contributed by atoms with Crippen LogP contribution < -0.4 is 10.1 Å². The van der Waals surface area contributed by atoms with E-state index in [4.69, 9.17) is 9.84 Å². The summed E-state index contributed by atoms with van der Waals surface area (Å²) in [5.74, 6) is -0.103. The normalized spacial score (nSPS) is 10.2. The van der Waals surface area contributed by atoms with Crippen LogP contribution >= 0.6 is 0 Å². The zero-order valence-corrected chi connectivity index (χ0v) is 12.2. The predicted molar refractivity (Wildman–Crippen MR) is 83.3 cm³/mol. The van der Waals surface area contributed by atoms with Crippen LogP contribution in [0.15, 0.2) is 42.5 Å². The first-order valence-electron chi connectivity index (χ1n) is 6.83. The van der Waals surface area contributed by atoms with Crippen LogP contribution in [0.2, 0.25) is 0 Å². The molecule has 110 valence electrons. The molecule has 0 saturated heterocycles. The smallest absolute Gasteiger partial charge is 0.337 e. The second-order valence-corrected chi connectivity index (χ2v) is 4.95. The zero-order valence-electron chi connectivity index (χ0n) is 12.2. The van der Waals surface area contributed by atoms with Crippen molar-refractivity contribution >= 4 is 11.7 Å². The average Bonchev–Trinajstić information content (AvgIpc) is 2.43. The summed E-state index contributed by atoms with van der Waals surface area (Å²) in [5.41, 5.74) is 3.20. The molecule has 0 heterocycles. The van der Waals surface area contributed by atoms with Crippen LogP contribution in [0, 0.1) is 13.8 Å². The Labute approximate surface area is 124 Å². The van der Waals surface area contributed by atoms with Crippen molar-refractivity contribution in [3.63, 3.8) is 0 Å². The van der Waals surface area contributed by atoms with Gasteiger partial charge in [-0.3, -0.25) is 0 Å². The van der Waals surface area contributed by atoms with Gasteiger partial charge in [0, 0.05) is 12.2 Å². The number of ether oxygens (including phenoxy) is 1. The van der Waals surface area contributed by atoms with E-state index in [9.17, 15) is 4.79 Å². The number of carboxylic acid groups (broad SMARTS) is 1. The Hall–Kier alpha value is -2.49. The third-order valence-electron chi connectivity index (χ3n) is 3.04. The minimum Gasteiger partial charge on any atom is -0.492 e. The van der Waals surface area contributed by atoms with Gasteiger partial charge in [0.05, 0.1) is 5.56 Å². The monoisotopic (exact) mass is 285 g/mol. The minimum atomic E-state index is -0.937. The van der Waals surface area contributed by atoms with Crippen molar-refractivity contribution in [1.82, 2.24) is 0 Å². The van der Waals surface area contributed by atoms with Gasteiger partial charge in [0.2, 0.25) is 0 Å². The molecule has 4 heteroatoms. The number of nitrogens with one attached hydrogen (secondary N) is 1. The molecule has 0 bridgehead atoms. The highest BCUT2D eigenvalue weighted by Crippen LogP contribution is 2.17. The molecule has 0 aliphatic heterocycles. The second-order valence-electron chi connectivity index (χ2n) is 4.95. The van der Waals surface area contributed by atoms with E-state index in [0.717, 1.165) is 16.9 Å². The first-order valence-corrected chi connectivity index (χ1v) is 6.83. The lowest BCUT2D eigenvalue weighted by Gasteiger charge is -2.11. The van der Waals surface area contributed by atoms with Gasteiger partial charge in [0.15, 0.2) is 0 Å². The highest BCUT2D eigenvalue weighted by atomic mass is 16.5. The summed E-state index contributed by atoms with van der Waals surface area (Å²) in [6.45, 7) is 5.07. The van der Waals surface area contributed by atoms with E-state index in [2.05, 4.69) is 11.4 Å². The molecule has 0 radical (unpaired) electrons. The fourth-order valence-electron chi connectivity index (χ4n) is 2.19. The van der Waals surface area contributed by atoms with Gasteiger partial charge < -0.3 is 15.2 Å². The summed E-state index contributed by atoms with van der Waals surface area (Å²) in [6, 6.07) is 12.9. The molecule has 0 aromatic heterocycles. The second kappa shape index (κ2) is 6.79. The minimum absolute atomic E-state index is 0.268. The highest BCUT2D eigenvalue weighted by Gasteiger charge is 2.07. The van der Waals surface area contributed by atoms with E-state index in [1.807, 2.05) is 26.0 Å². The van der Waals surface area contributed by atoms with E-state index in [1.165, 1.54) is 0 Å². The summed E-state index contributed by atoms with van der Waals surface area (Å²) in [5, 5.41) is 12.2. The molecular weight excluding hydrogens is 266 g/mol. The third-order valence-corrected chi connectivity index (χ3v) is 3.04. The summed E-state index contributed by atoms with van der Waals surface area (Å²) in [7, 11) is 0. The van der Waals surface area contributed by atoms with Gasteiger partial charge >= 0.3 is 5.97 Å². The van der Waals surface area contributed by atoms with Gasteiger partial charge in [-0.1, -0.05) is 18.2 Å². The Morgan fingerprint density at radius 2 is 1.81 bits per heavy atom. The van der Waals surface area contributed by atoms with Gasteiger partial charge in [-0.15, -0.1) is 0 Å². The molecular formula is C17H19NO3. The van der Waals surface area contributed by atoms with Crippen molar-refractivity contribution in [3.8, 4) is 5.75 Å². The maximum Gasteiger partial charge on any atom is 0.337 e. The van der Waals surface area contributed by atoms with Crippen molar-refractivity contribution in [2.75, 3.05) is 18.5 Å². The van der Waals surface area contributed by atoms with Crippen LogP contribution in [0.25, 0.3) is 0 Å². The van der Waals surface area contributed by atoms with Gasteiger partial charge in [-0.2, -0.15) is 0 Å². The van der Waals surface area contributed by atoms with Crippen LogP contribution in [0.5, 0.6) is 5.75 Å². The topological polar surface area (TPSA) is 58.6 Å². The summed E-state index contributed by atoms with van der Waals surface area (Å²) in [4.78, 5) is 11.1. The molecule has 2 N–H and O–H groups in total. The molecule has 0 spiro atoms. The third kappa shape index (κ3) is 4.24. The summed E-state index contributed by atoms with van der Waals surface area (Å²) in [6.07, 6.45) is 0. The molecule has 0 fully saturated rings. The summed E-state index contributed by atoms with van der Waals surface area (Å²) >= 11 is 0. The largest absolute Gasteiger partial charge is 0.492 e. The molecule has 0 amide bonds. The van der Waals surface area contributed by atoms with Crippen molar-refractivity contribution < 1.29 is 14.6 Å². The Bertz CT molecular complexity index is 617. The lowest BCUT2D eigenvalue weighted by atomic mass is 10.1. The Morgan fingerprint density at radius 1 is 1.14 bits per heavy atom. The molecule has 0 aliphatic rings. The van der Waals surface area contributed by atoms with Crippen molar-refractivity contribution in [3.05, 3.63) is 59.2 Å². The predicted octanol–water partition coefficient (Wildman–Crippen LogP) is 3.49. The van der Waals surface area contributed by atoms with Crippen LogP contribution in [-0.2, 0) is 0 Å². The number of para-hydroxylation sites is 1. The summed E-state index contributed by atoms with van der Waals surface area (Å²) < 4.78 is 5.68. The number of hydrogen-bond donors (Lipinski definition) is 2. The van der Waals surface area contributed by atoms with Crippen molar-refractivity contribution in [2.24, 2.45) is 0 Å². The zero-order chi connectivity index (χ0) is 15.2. The van der Waals surface area contributed by atoms with Crippen LogP contribution in [0.3, 0.4) is 0 Å². The van der Waals surface area contributed by atoms with Gasteiger partial charge in [-0.05, 0) is 49.2 Å². The van der Waals surface area contributed by atoms with Gasteiger partial charge in [0.25, 0.3) is 0 Å². The number of benzene rings is 2. The quantitative estimate of drug-likeness (QED) is 0.798. The van der Waals surface area contributed by atoms with Crippen LogP contribution in [-0.4, -0.2) is 24.2 Å². The molecule has 0 aliphatic carbocycles. The van der Waals surface area contributed by atoms with Gasteiger partial charge in [0.1, 0.15) is 12.4 Å². The number of aromatic carboxylic acids is 1.